The summed E-state index contributed by atoms with van der Waals surface area (Å²) in [6.07, 6.45) is 0. The molecule has 0 radical (unpaired) electrons. The van der Waals surface area contributed by atoms with Crippen molar-refractivity contribution in [1.29, 1.82) is 0 Å². The number of rotatable bonds is 3. The van der Waals surface area contributed by atoms with E-state index in [0.717, 1.165) is 15.8 Å². The summed E-state index contributed by atoms with van der Waals surface area (Å²) in [5, 5.41) is 2.99. The van der Waals surface area contributed by atoms with Crippen LogP contribution in [0.15, 0.2) is 46.9 Å². The van der Waals surface area contributed by atoms with Gasteiger partial charge in [0.05, 0.1) is 6.04 Å². The zero-order chi connectivity index (χ0) is 15.5. The Morgan fingerprint density at radius 2 is 1.77 bits per heavy atom. The van der Waals surface area contributed by atoms with E-state index in [0.29, 0.717) is 24.5 Å². The molecule has 4 nitrogen and oxygen atoms in total. The van der Waals surface area contributed by atoms with E-state index in [2.05, 4.69) is 21.2 Å². The molecule has 0 saturated heterocycles. The number of carbonyl (C=O) groups is 1. The standard InChI is InChI=1S/C17H16BrNO3/c1-11(19-17(20)12-5-3-2-4-6-12)13-9-15-16(10-14(13)18)22-8-7-21-15/h2-6,9-11H,7-8H2,1H3,(H,19,20)/t11-/m0/s1. The summed E-state index contributed by atoms with van der Waals surface area (Å²) in [4.78, 5) is 12.2. The number of hydrogen-bond donors (Lipinski definition) is 1. The fraction of sp³-hybridized carbons (Fsp3) is 0.235. The van der Waals surface area contributed by atoms with Crippen LogP contribution in [0.5, 0.6) is 11.5 Å². The normalized spacial score (nSPS) is 14.3. The van der Waals surface area contributed by atoms with E-state index < -0.39 is 0 Å². The molecule has 1 N–H and O–H groups in total. The van der Waals surface area contributed by atoms with E-state index in [1.165, 1.54) is 0 Å². The van der Waals surface area contributed by atoms with Crippen LogP contribution < -0.4 is 14.8 Å². The molecule has 22 heavy (non-hydrogen) atoms. The Kier molecular flexibility index (Phi) is 4.34. The topological polar surface area (TPSA) is 47.6 Å². The Bertz CT molecular complexity index is 688. The summed E-state index contributed by atoms with van der Waals surface area (Å²) in [6, 6.07) is 12.8. The molecular formula is C17H16BrNO3. The first-order valence-corrected chi connectivity index (χ1v) is 7.89. The summed E-state index contributed by atoms with van der Waals surface area (Å²) < 4.78 is 12.0. The highest BCUT2D eigenvalue weighted by atomic mass is 79.9. The molecule has 2 aromatic carbocycles. The number of amides is 1. The maximum Gasteiger partial charge on any atom is 0.251 e. The fourth-order valence-electron chi connectivity index (χ4n) is 2.36. The lowest BCUT2D eigenvalue weighted by Crippen LogP contribution is -2.27. The van der Waals surface area contributed by atoms with E-state index in [-0.39, 0.29) is 11.9 Å². The smallest absolute Gasteiger partial charge is 0.251 e. The van der Waals surface area contributed by atoms with Gasteiger partial charge in [-0.1, -0.05) is 34.1 Å². The molecule has 3 rings (SSSR count). The van der Waals surface area contributed by atoms with Gasteiger partial charge < -0.3 is 14.8 Å². The van der Waals surface area contributed by atoms with Crippen molar-refractivity contribution >= 4 is 21.8 Å². The zero-order valence-corrected chi connectivity index (χ0v) is 13.7. The number of hydrogen-bond acceptors (Lipinski definition) is 3. The predicted molar refractivity (Wildman–Crippen MR) is 87.5 cm³/mol. The molecule has 5 heteroatoms. The fourth-order valence-corrected chi connectivity index (χ4v) is 3.02. The summed E-state index contributed by atoms with van der Waals surface area (Å²) in [7, 11) is 0. The summed E-state index contributed by atoms with van der Waals surface area (Å²) in [5.74, 6) is 1.34. The van der Waals surface area contributed by atoms with Crippen LogP contribution in [0.1, 0.15) is 28.9 Å². The van der Waals surface area contributed by atoms with Crippen LogP contribution in [-0.2, 0) is 0 Å². The van der Waals surface area contributed by atoms with Crippen molar-refractivity contribution in [2.24, 2.45) is 0 Å². The van der Waals surface area contributed by atoms with Crippen molar-refractivity contribution in [1.82, 2.24) is 5.32 Å². The number of fused-ring (bicyclic) bond motifs is 1. The van der Waals surface area contributed by atoms with E-state index in [9.17, 15) is 4.79 Å². The highest BCUT2D eigenvalue weighted by Gasteiger charge is 2.19. The lowest BCUT2D eigenvalue weighted by molar-refractivity contribution is 0.0939. The molecule has 0 fully saturated rings. The second kappa shape index (κ2) is 6.40. The van der Waals surface area contributed by atoms with Crippen molar-refractivity contribution in [2.75, 3.05) is 13.2 Å². The van der Waals surface area contributed by atoms with Crippen LogP contribution >= 0.6 is 15.9 Å². The first kappa shape index (κ1) is 14.9. The molecule has 1 amide bonds. The highest BCUT2D eigenvalue weighted by Crippen LogP contribution is 2.37. The lowest BCUT2D eigenvalue weighted by Gasteiger charge is -2.22. The molecule has 0 aromatic heterocycles. The number of carbonyl (C=O) groups excluding carboxylic acids is 1. The van der Waals surface area contributed by atoms with E-state index >= 15 is 0 Å². The van der Waals surface area contributed by atoms with Gasteiger partial charge in [0.25, 0.3) is 5.91 Å². The third-order valence-corrected chi connectivity index (χ3v) is 4.20. The van der Waals surface area contributed by atoms with Gasteiger partial charge in [-0.2, -0.15) is 0 Å². The van der Waals surface area contributed by atoms with Gasteiger partial charge >= 0.3 is 0 Å². The summed E-state index contributed by atoms with van der Waals surface area (Å²) >= 11 is 3.54. The average Bonchev–Trinajstić information content (AvgIpc) is 2.54. The van der Waals surface area contributed by atoms with Crippen LogP contribution in [-0.4, -0.2) is 19.1 Å². The second-order valence-electron chi connectivity index (χ2n) is 5.08. The van der Waals surface area contributed by atoms with Gasteiger partial charge in [0.15, 0.2) is 11.5 Å². The van der Waals surface area contributed by atoms with Crippen LogP contribution in [0.3, 0.4) is 0 Å². The molecule has 0 aliphatic carbocycles. The first-order valence-electron chi connectivity index (χ1n) is 7.10. The number of halogens is 1. The molecule has 0 spiro atoms. The summed E-state index contributed by atoms with van der Waals surface area (Å²) in [6.45, 7) is 3.04. The molecule has 1 aliphatic rings. The predicted octanol–water partition coefficient (Wildman–Crippen LogP) is 3.71. The SMILES string of the molecule is C[C@H](NC(=O)c1ccccc1)c1cc2c(cc1Br)OCCO2. The minimum Gasteiger partial charge on any atom is -0.486 e. The third-order valence-electron chi connectivity index (χ3n) is 3.51. The molecular weight excluding hydrogens is 346 g/mol. The largest absolute Gasteiger partial charge is 0.486 e. The summed E-state index contributed by atoms with van der Waals surface area (Å²) in [5.41, 5.74) is 1.59. The van der Waals surface area contributed by atoms with Gasteiger partial charge in [0.2, 0.25) is 0 Å². The van der Waals surface area contributed by atoms with Gasteiger partial charge in [-0.3, -0.25) is 4.79 Å². The van der Waals surface area contributed by atoms with Crippen LogP contribution in [0.25, 0.3) is 0 Å². The van der Waals surface area contributed by atoms with Crippen molar-refractivity contribution in [3.05, 3.63) is 58.1 Å². The number of ether oxygens (including phenoxy) is 2. The molecule has 0 saturated carbocycles. The van der Waals surface area contributed by atoms with Crippen LogP contribution in [0.4, 0.5) is 0 Å². The van der Waals surface area contributed by atoms with Gasteiger partial charge in [0.1, 0.15) is 13.2 Å². The molecule has 2 aromatic rings. The van der Waals surface area contributed by atoms with Gasteiger partial charge in [0, 0.05) is 10.0 Å². The molecule has 114 valence electrons. The monoisotopic (exact) mass is 361 g/mol. The highest BCUT2D eigenvalue weighted by molar-refractivity contribution is 9.10. The molecule has 1 atom stereocenters. The Morgan fingerprint density at radius 3 is 2.45 bits per heavy atom. The Labute approximate surface area is 137 Å². The zero-order valence-electron chi connectivity index (χ0n) is 12.1. The van der Waals surface area contributed by atoms with E-state index in [1.807, 2.05) is 37.3 Å². The van der Waals surface area contributed by atoms with Gasteiger partial charge in [-0.15, -0.1) is 0 Å². The Balaban J connectivity index is 1.80. The number of nitrogens with one attached hydrogen (secondary N) is 1. The van der Waals surface area contributed by atoms with Gasteiger partial charge in [-0.25, -0.2) is 0 Å². The third kappa shape index (κ3) is 3.09. The lowest BCUT2D eigenvalue weighted by atomic mass is 10.1. The van der Waals surface area contributed by atoms with E-state index in [4.69, 9.17) is 9.47 Å². The molecule has 0 unspecified atom stereocenters. The van der Waals surface area contributed by atoms with Crippen molar-refractivity contribution < 1.29 is 14.3 Å². The van der Waals surface area contributed by atoms with Crippen LogP contribution in [0.2, 0.25) is 0 Å². The average molecular weight is 362 g/mol. The van der Waals surface area contributed by atoms with Crippen molar-refractivity contribution in [2.45, 2.75) is 13.0 Å². The maximum absolute atomic E-state index is 12.2. The van der Waals surface area contributed by atoms with E-state index in [1.54, 1.807) is 12.1 Å². The van der Waals surface area contributed by atoms with Gasteiger partial charge in [-0.05, 0) is 36.8 Å². The molecule has 1 heterocycles. The van der Waals surface area contributed by atoms with Crippen molar-refractivity contribution in [3.63, 3.8) is 0 Å². The second-order valence-corrected chi connectivity index (χ2v) is 5.93. The first-order chi connectivity index (χ1) is 10.6. The minimum atomic E-state index is -0.155. The van der Waals surface area contributed by atoms with Crippen molar-refractivity contribution in [3.8, 4) is 11.5 Å². The molecule has 1 aliphatic heterocycles. The Morgan fingerprint density at radius 1 is 1.14 bits per heavy atom. The number of benzene rings is 2. The minimum absolute atomic E-state index is 0.102. The Hall–Kier alpha value is -2.01. The maximum atomic E-state index is 12.2. The van der Waals surface area contributed by atoms with Crippen LogP contribution in [0, 0.1) is 0 Å². The quantitative estimate of drug-likeness (QED) is 0.906. The molecule has 0 bridgehead atoms.